The minimum absolute atomic E-state index is 0.358. The first-order valence-electron chi connectivity index (χ1n) is 5.00. The van der Waals surface area contributed by atoms with Crippen molar-refractivity contribution in [3.63, 3.8) is 0 Å². The van der Waals surface area contributed by atoms with E-state index in [1.807, 2.05) is 0 Å². The van der Waals surface area contributed by atoms with E-state index in [1.165, 1.54) is 0 Å². The van der Waals surface area contributed by atoms with Crippen molar-refractivity contribution < 1.29 is 9.53 Å². The predicted molar refractivity (Wildman–Crippen MR) is 51.7 cm³/mol. The molecular formula is C10H19NO2. The zero-order chi connectivity index (χ0) is 9.68. The zero-order valence-corrected chi connectivity index (χ0v) is 8.58. The van der Waals surface area contributed by atoms with Crippen molar-refractivity contribution in [2.24, 2.45) is 5.92 Å². The Kier molecular flexibility index (Phi) is 4.39. The van der Waals surface area contributed by atoms with Crippen molar-refractivity contribution in [1.82, 2.24) is 4.90 Å². The third-order valence-electron chi connectivity index (χ3n) is 2.14. The third-order valence-corrected chi connectivity index (χ3v) is 2.14. The molecule has 0 amide bonds. The Hall–Kier alpha value is -0.410. The van der Waals surface area contributed by atoms with Gasteiger partial charge in [-0.05, 0) is 5.92 Å². The molecule has 13 heavy (non-hydrogen) atoms. The van der Waals surface area contributed by atoms with E-state index >= 15 is 0 Å². The Morgan fingerprint density at radius 3 is 2.54 bits per heavy atom. The number of rotatable bonds is 4. The number of hydrogen-bond acceptors (Lipinski definition) is 3. The summed E-state index contributed by atoms with van der Waals surface area (Å²) >= 11 is 0. The molecule has 1 aliphatic rings. The minimum Gasteiger partial charge on any atom is -0.379 e. The lowest BCUT2D eigenvalue weighted by Gasteiger charge is -2.25. The van der Waals surface area contributed by atoms with Crippen LogP contribution in [0, 0.1) is 5.92 Å². The largest absolute Gasteiger partial charge is 0.379 e. The lowest BCUT2D eigenvalue weighted by molar-refractivity contribution is -0.121. The monoisotopic (exact) mass is 185 g/mol. The molecule has 0 spiro atoms. The van der Waals surface area contributed by atoms with Gasteiger partial charge >= 0.3 is 0 Å². The fraction of sp³-hybridized carbons (Fsp3) is 0.900. The van der Waals surface area contributed by atoms with E-state index in [2.05, 4.69) is 18.7 Å². The molecule has 0 aromatic carbocycles. The van der Waals surface area contributed by atoms with Gasteiger partial charge in [0.15, 0.2) is 0 Å². The molecule has 0 aromatic rings. The van der Waals surface area contributed by atoms with Gasteiger partial charge in [-0.2, -0.15) is 0 Å². The van der Waals surface area contributed by atoms with Gasteiger partial charge in [0, 0.05) is 19.5 Å². The molecule has 76 valence electrons. The number of carbonyl (C=O) groups is 1. The van der Waals surface area contributed by atoms with Gasteiger partial charge in [0.05, 0.1) is 19.8 Å². The predicted octanol–water partition coefficient (Wildman–Crippen LogP) is 0.934. The van der Waals surface area contributed by atoms with Crippen LogP contribution in [0.25, 0.3) is 0 Å². The maximum Gasteiger partial charge on any atom is 0.147 e. The molecule has 3 nitrogen and oxygen atoms in total. The maximum absolute atomic E-state index is 11.4. The smallest absolute Gasteiger partial charge is 0.147 e. The van der Waals surface area contributed by atoms with Gasteiger partial charge < -0.3 is 4.74 Å². The third kappa shape index (κ3) is 4.39. The summed E-state index contributed by atoms with van der Waals surface area (Å²) in [5, 5.41) is 0. The summed E-state index contributed by atoms with van der Waals surface area (Å²) in [5.74, 6) is 0.838. The molecule has 1 saturated heterocycles. The topological polar surface area (TPSA) is 29.5 Å². The van der Waals surface area contributed by atoms with Gasteiger partial charge in [-0.1, -0.05) is 13.8 Å². The van der Waals surface area contributed by atoms with Gasteiger partial charge in [-0.25, -0.2) is 0 Å². The molecule has 0 N–H and O–H groups in total. The number of morpholine rings is 1. The number of ether oxygens (including phenoxy) is 1. The summed E-state index contributed by atoms with van der Waals surface area (Å²) in [6, 6.07) is 0. The van der Waals surface area contributed by atoms with Gasteiger partial charge in [0.1, 0.15) is 5.78 Å². The van der Waals surface area contributed by atoms with Crippen molar-refractivity contribution in [2.75, 3.05) is 32.8 Å². The highest BCUT2D eigenvalue weighted by molar-refractivity contribution is 5.80. The van der Waals surface area contributed by atoms with Crippen LogP contribution in [0.4, 0.5) is 0 Å². The van der Waals surface area contributed by atoms with Crippen LogP contribution in [-0.4, -0.2) is 43.5 Å². The van der Waals surface area contributed by atoms with Crippen LogP contribution in [0.2, 0.25) is 0 Å². The molecule has 0 aliphatic carbocycles. The number of ketones is 1. The van der Waals surface area contributed by atoms with Crippen LogP contribution in [0.3, 0.4) is 0 Å². The Balaban J connectivity index is 2.18. The van der Waals surface area contributed by atoms with E-state index < -0.39 is 0 Å². The summed E-state index contributed by atoms with van der Waals surface area (Å²) in [7, 11) is 0. The molecule has 0 saturated carbocycles. The molecule has 0 unspecified atom stereocenters. The fourth-order valence-electron chi connectivity index (χ4n) is 1.53. The fourth-order valence-corrected chi connectivity index (χ4v) is 1.53. The second-order valence-electron chi connectivity index (χ2n) is 4.03. The summed E-state index contributed by atoms with van der Waals surface area (Å²) < 4.78 is 5.21. The maximum atomic E-state index is 11.4. The Morgan fingerprint density at radius 2 is 2.00 bits per heavy atom. The van der Waals surface area contributed by atoms with E-state index in [9.17, 15) is 4.79 Å². The first-order valence-corrected chi connectivity index (χ1v) is 5.00. The second-order valence-corrected chi connectivity index (χ2v) is 4.03. The normalized spacial score (nSPS) is 19.3. The molecule has 0 atom stereocenters. The first-order chi connectivity index (χ1) is 6.18. The number of hydrogen-bond donors (Lipinski definition) is 0. The van der Waals surface area contributed by atoms with Gasteiger partial charge in [-0.3, -0.25) is 9.69 Å². The molecule has 0 aromatic heterocycles. The van der Waals surface area contributed by atoms with Crippen molar-refractivity contribution in [3.8, 4) is 0 Å². The molecule has 1 aliphatic heterocycles. The number of carbonyl (C=O) groups excluding carboxylic acids is 1. The van der Waals surface area contributed by atoms with Gasteiger partial charge in [0.25, 0.3) is 0 Å². The first kappa shape index (κ1) is 10.7. The minimum atomic E-state index is 0.358. The average Bonchev–Trinajstić information content (AvgIpc) is 2.04. The second kappa shape index (κ2) is 5.35. The number of nitrogens with zero attached hydrogens (tertiary/aromatic N) is 1. The van der Waals surface area contributed by atoms with Crippen LogP contribution < -0.4 is 0 Å². The average molecular weight is 185 g/mol. The van der Waals surface area contributed by atoms with Crippen molar-refractivity contribution in [1.29, 1.82) is 0 Å². The van der Waals surface area contributed by atoms with E-state index in [0.29, 0.717) is 24.7 Å². The highest BCUT2D eigenvalue weighted by Crippen LogP contribution is 2.03. The molecule has 1 rings (SSSR count). The molecule has 3 heteroatoms. The quantitative estimate of drug-likeness (QED) is 0.652. The molecule has 1 heterocycles. The van der Waals surface area contributed by atoms with Crippen LogP contribution in [0.15, 0.2) is 0 Å². The lowest BCUT2D eigenvalue weighted by atomic mass is 10.1. The van der Waals surface area contributed by atoms with Gasteiger partial charge in [0.2, 0.25) is 0 Å². The van der Waals surface area contributed by atoms with E-state index in [0.717, 1.165) is 26.3 Å². The van der Waals surface area contributed by atoms with E-state index in [4.69, 9.17) is 4.74 Å². The summed E-state index contributed by atoms with van der Waals surface area (Å²) in [6.07, 6.45) is 0.706. The van der Waals surface area contributed by atoms with Crippen LogP contribution in [-0.2, 0) is 9.53 Å². The van der Waals surface area contributed by atoms with Crippen LogP contribution in [0.5, 0.6) is 0 Å². The van der Waals surface area contributed by atoms with Crippen LogP contribution >= 0.6 is 0 Å². The van der Waals surface area contributed by atoms with Crippen molar-refractivity contribution >= 4 is 5.78 Å². The Labute approximate surface area is 80.1 Å². The van der Waals surface area contributed by atoms with E-state index in [1.54, 1.807) is 0 Å². The van der Waals surface area contributed by atoms with Crippen molar-refractivity contribution in [3.05, 3.63) is 0 Å². The Bertz CT molecular complexity index is 162. The van der Waals surface area contributed by atoms with Gasteiger partial charge in [-0.15, -0.1) is 0 Å². The summed E-state index contributed by atoms with van der Waals surface area (Å²) in [5.41, 5.74) is 0. The highest BCUT2D eigenvalue weighted by atomic mass is 16.5. The SMILES string of the molecule is CC(C)CC(=O)CN1CCOCC1. The zero-order valence-electron chi connectivity index (χ0n) is 8.58. The van der Waals surface area contributed by atoms with Crippen LogP contribution in [0.1, 0.15) is 20.3 Å². The van der Waals surface area contributed by atoms with Crippen molar-refractivity contribution in [2.45, 2.75) is 20.3 Å². The highest BCUT2D eigenvalue weighted by Gasteiger charge is 2.14. The van der Waals surface area contributed by atoms with E-state index in [-0.39, 0.29) is 0 Å². The summed E-state index contributed by atoms with van der Waals surface area (Å²) in [6.45, 7) is 8.13. The molecule has 1 fully saturated rings. The summed E-state index contributed by atoms with van der Waals surface area (Å²) in [4.78, 5) is 13.6. The molecule has 0 bridgehead atoms. The standard InChI is InChI=1S/C10H19NO2/c1-9(2)7-10(12)8-11-3-5-13-6-4-11/h9H,3-8H2,1-2H3. The number of Topliss-reactive ketones (excluding diaryl/α,β-unsaturated/α-hetero) is 1. The lowest BCUT2D eigenvalue weighted by Crippen LogP contribution is -2.39. The molecular weight excluding hydrogens is 166 g/mol. The molecule has 0 radical (unpaired) electrons. The Morgan fingerprint density at radius 1 is 1.38 bits per heavy atom.